The molecule has 1 heterocycles. The molecule has 2 amide bonds. The van der Waals surface area contributed by atoms with Gasteiger partial charge in [0, 0.05) is 11.4 Å². The van der Waals surface area contributed by atoms with E-state index in [-0.39, 0.29) is 12.5 Å². The van der Waals surface area contributed by atoms with Gasteiger partial charge in [-0.15, -0.1) is 11.3 Å². The highest BCUT2D eigenvalue weighted by molar-refractivity contribution is 7.14. The van der Waals surface area contributed by atoms with Crippen LogP contribution in [0.5, 0.6) is 0 Å². The maximum Gasteiger partial charge on any atom is 0.264 e. The molecule has 1 N–H and O–H groups in total. The Bertz CT molecular complexity index is 852. The fourth-order valence-electron chi connectivity index (χ4n) is 2.64. The number of nitrogens with zero attached hydrogens (tertiary/aromatic N) is 1. The van der Waals surface area contributed by atoms with Crippen LogP contribution in [0, 0.1) is 24.4 Å². The number of thiophene rings is 1. The van der Waals surface area contributed by atoms with E-state index in [1.807, 2.05) is 20.8 Å². The first-order valence-electron chi connectivity index (χ1n) is 8.60. The Hall–Kier alpha value is -2.35. The summed E-state index contributed by atoms with van der Waals surface area (Å²) in [6.45, 7) is 5.81. The summed E-state index contributed by atoms with van der Waals surface area (Å²) in [6.07, 6.45) is 1.44. The van der Waals surface area contributed by atoms with Crippen LogP contribution in [0.25, 0.3) is 0 Å². The number of carbonyl (C=O) groups excluding carboxylic acids is 2. The predicted molar refractivity (Wildman–Crippen MR) is 99.6 cm³/mol. The maximum absolute atomic E-state index is 13.7. The van der Waals surface area contributed by atoms with Crippen molar-refractivity contribution in [1.29, 1.82) is 0 Å². The van der Waals surface area contributed by atoms with Crippen molar-refractivity contribution in [3.8, 4) is 0 Å². The topological polar surface area (TPSA) is 49.4 Å². The van der Waals surface area contributed by atoms with Gasteiger partial charge in [-0.05, 0) is 43.5 Å². The number of carbonyl (C=O) groups is 2. The maximum atomic E-state index is 13.7. The van der Waals surface area contributed by atoms with Crippen molar-refractivity contribution in [2.45, 2.75) is 33.6 Å². The molecule has 2 aromatic rings. The lowest BCUT2D eigenvalue weighted by atomic mass is 10.2. The lowest BCUT2D eigenvalue weighted by Gasteiger charge is -2.21. The molecule has 0 unspecified atom stereocenters. The van der Waals surface area contributed by atoms with Gasteiger partial charge in [-0.2, -0.15) is 0 Å². The van der Waals surface area contributed by atoms with E-state index in [1.54, 1.807) is 6.07 Å². The fourth-order valence-corrected chi connectivity index (χ4v) is 3.72. The highest BCUT2D eigenvalue weighted by Crippen LogP contribution is 2.24. The molecule has 0 radical (unpaired) electrons. The Kier molecular flexibility index (Phi) is 7.01. The molecule has 2 rings (SSSR count). The highest BCUT2D eigenvalue weighted by Gasteiger charge is 2.22. The molecule has 0 atom stereocenters. The van der Waals surface area contributed by atoms with Crippen molar-refractivity contribution in [2.75, 3.05) is 18.4 Å². The van der Waals surface area contributed by atoms with E-state index in [9.17, 15) is 22.8 Å². The van der Waals surface area contributed by atoms with Gasteiger partial charge in [-0.25, -0.2) is 13.2 Å². The van der Waals surface area contributed by atoms with Crippen LogP contribution >= 0.6 is 11.3 Å². The Balaban J connectivity index is 2.14. The van der Waals surface area contributed by atoms with Crippen molar-refractivity contribution in [3.05, 3.63) is 51.0 Å². The summed E-state index contributed by atoms with van der Waals surface area (Å²) in [6, 6.07) is 3.46. The second-order valence-corrected chi connectivity index (χ2v) is 7.20. The number of hydrogen-bond acceptors (Lipinski definition) is 3. The molecule has 0 fully saturated rings. The molecule has 0 aliphatic carbocycles. The Morgan fingerprint density at radius 1 is 1.15 bits per heavy atom. The molecule has 0 spiro atoms. The van der Waals surface area contributed by atoms with E-state index in [2.05, 4.69) is 5.32 Å². The van der Waals surface area contributed by atoms with Gasteiger partial charge < -0.3 is 10.2 Å². The molecule has 0 saturated heterocycles. The van der Waals surface area contributed by atoms with Gasteiger partial charge in [0.25, 0.3) is 5.91 Å². The smallest absolute Gasteiger partial charge is 0.264 e. The number of hydrogen-bond donors (Lipinski definition) is 1. The van der Waals surface area contributed by atoms with Gasteiger partial charge in [0.1, 0.15) is 6.54 Å². The van der Waals surface area contributed by atoms with E-state index in [4.69, 9.17) is 0 Å². The van der Waals surface area contributed by atoms with Gasteiger partial charge in [-0.1, -0.05) is 13.8 Å². The molecule has 8 heteroatoms. The number of amides is 2. The third-order valence-electron chi connectivity index (χ3n) is 3.98. The zero-order chi connectivity index (χ0) is 20.1. The van der Waals surface area contributed by atoms with Crippen LogP contribution in [0.1, 0.15) is 40.4 Å². The Morgan fingerprint density at radius 2 is 1.85 bits per heavy atom. The summed E-state index contributed by atoms with van der Waals surface area (Å²) in [5.41, 5.74) is 0.554. The zero-order valence-corrected chi connectivity index (χ0v) is 16.2. The van der Waals surface area contributed by atoms with Crippen molar-refractivity contribution < 1.29 is 22.8 Å². The summed E-state index contributed by atoms with van der Waals surface area (Å²) in [5, 5.41) is 2.19. The van der Waals surface area contributed by atoms with Gasteiger partial charge >= 0.3 is 0 Å². The van der Waals surface area contributed by atoms with Crippen LogP contribution in [-0.2, 0) is 11.2 Å². The van der Waals surface area contributed by atoms with E-state index < -0.39 is 29.0 Å². The summed E-state index contributed by atoms with van der Waals surface area (Å²) < 4.78 is 40.0. The molecule has 0 aliphatic rings. The molecule has 146 valence electrons. The van der Waals surface area contributed by atoms with Crippen LogP contribution < -0.4 is 5.32 Å². The van der Waals surface area contributed by atoms with Crippen molar-refractivity contribution >= 4 is 28.8 Å². The number of benzene rings is 1. The van der Waals surface area contributed by atoms with Crippen LogP contribution in [0.4, 0.5) is 18.9 Å². The minimum Gasteiger partial charge on any atom is -0.329 e. The molecule has 1 aromatic carbocycles. The number of nitrogens with one attached hydrogen (secondary N) is 1. The van der Waals surface area contributed by atoms with E-state index in [0.29, 0.717) is 17.8 Å². The third-order valence-corrected chi connectivity index (χ3v) is 5.35. The molecular formula is C19H21F3N2O2S. The monoisotopic (exact) mass is 398 g/mol. The minimum atomic E-state index is -1.66. The first-order valence-corrected chi connectivity index (χ1v) is 9.42. The standard InChI is InChI=1S/C19H21F3N2O2S/c1-4-8-24(19(26)15-9-11(3)14(5-2)27-15)10-16(25)23-13-7-6-12(20)17(21)18(13)22/h6-7,9H,4-5,8,10H2,1-3H3,(H,23,25). The van der Waals surface area contributed by atoms with Gasteiger partial charge in [-0.3, -0.25) is 9.59 Å². The average molecular weight is 398 g/mol. The zero-order valence-electron chi connectivity index (χ0n) is 15.4. The number of halogens is 3. The number of anilines is 1. The molecule has 4 nitrogen and oxygen atoms in total. The van der Waals surface area contributed by atoms with Crippen LogP contribution in [0.3, 0.4) is 0 Å². The van der Waals surface area contributed by atoms with E-state index in [1.165, 1.54) is 16.2 Å². The van der Waals surface area contributed by atoms with Gasteiger partial charge in [0.15, 0.2) is 17.5 Å². The molecular weight excluding hydrogens is 377 g/mol. The molecule has 27 heavy (non-hydrogen) atoms. The SMILES string of the molecule is CCCN(CC(=O)Nc1ccc(F)c(F)c1F)C(=O)c1cc(C)c(CC)s1. The molecule has 1 aromatic heterocycles. The summed E-state index contributed by atoms with van der Waals surface area (Å²) in [7, 11) is 0. The number of aryl methyl sites for hydroxylation is 2. The van der Waals surface area contributed by atoms with Crippen molar-refractivity contribution in [1.82, 2.24) is 4.90 Å². The van der Waals surface area contributed by atoms with Crippen molar-refractivity contribution in [2.24, 2.45) is 0 Å². The first-order chi connectivity index (χ1) is 12.8. The van der Waals surface area contributed by atoms with Gasteiger partial charge in [0.05, 0.1) is 10.6 Å². The van der Waals surface area contributed by atoms with E-state index in [0.717, 1.165) is 29.0 Å². The minimum absolute atomic E-state index is 0.287. The highest BCUT2D eigenvalue weighted by atomic mass is 32.1. The Morgan fingerprint density at radius 3 is 2.44 bits per heavy atom. The van der Waals surface area contributed by atoms with Crippen molar-refractivity contribution in [3.63, 3.8) is 0 Å². The van der Waals surface area contributed by atoms with Crippen LogP contribution in [-0.4, -0.2) is 29.8 Å². The average Bonchev–Trinajstić information content (AvgIpc) is 3.02. The second-order valence-electron chi connectivity index (χ2n) is 6.07. The van der Waals surface area contributed by atoms with Crippen LogP contribution in [0.2, 0.25) is 0 Å². The third kappa shape index (κ3) is 4.88. The molecule has 0 saturated carbocycles. The van der Waals surface area contributed by atoms with Crippen LogP contribution in [0.15, 0.2) is 18.2 Å². The molecule has 0 bridgehead atoms. The lowest BCUT2D eigenvalue weighted by Crippen LogP contribution is -2.38. The molecule has 0 aliphatic heterocycles. The largest absolute Gasteiger partial charge is 0.329 e. The second kappa shape index (κ2) is 9.03. The fraction of sp³-hybridized carbons (Fsp3) is 0.368. The number of rotatable bonds is 7. The first kappa shape index (κ1) is 21.0. The Labute approximate surface area is 160 Å². The quantitative estimate of drug-likeness (QED) is 0.697. The summed E-state index contributed by atoms with van der Waals surface area (Å²) in [5.74, 6) is -5.45. The van der Waals surface area contributed by atoms with Gasteiger partial charge in [0.2, 0.25) is 5.91 Å². The normalized spacial score (nSPS) is 10.7. The lowest BCUT2D eigenvalue weighted by molar-refractivity contribution is -0.116. The van der Waals surface area contributed by atoms with E-state index >= 15 is 0 Å². The summed E-state index contributed by atoms with van der Waals surface area (Å²) in [4.78, 5) is 28.0. The predicted octanol–water partition coefficient (Wildman–Crippen LogP) is 4.53. The summed E-state index contributed by atoms with van der Waals surface area (Å²) >= 11 is 1.38.